The minimum atomic E-state index is -1.26. The molecule has 0 bridgehead atoms. The van der Waals surface area contributed by atoms with Gasteiger partial charge in [-0.3, -0.25) is 9.69 Å². The van der Waals surface area contributed by atoms with E-state index in [2.05, 4.69) is 22.2 Å². The van der Waals surface area contributed by atoms with Gasteiger partial charge in [0, 0.05) is 42.6 Å². The van der Waals surface area contributed by atoms with Crippen LogP contribution in [0.25, 0.3) is 11.0 Å². The molecule has 1 amide bonds. The lowest BCUT2D eigenvalue weighted by Gasteiger charge is -2.31. The fourth-order valence-corrected chi connectivity index (χ4v) is 4.53. The lowest BCUT2D eigenvalue weighted by Crippen LogP contribution is -2.41. The van der Waals surface area contributed by atoms with E-state index < -0.39 is 11.9 Å². The van der Waals surface area contributed by atoms with E-state index in [-0.39, 0.29) is 17.6 Å². The van der Waals surface area contributed by atoms with Gasteiger partial charge in [0.15, 0.2) is 5.58 Å². The number of piperidine rings is 1. The van der Waals surface area contributed by atoms with Crippen LogP contribution in [0, 0.1) is 5.82 Å². The Morgan fingerprint density at radius 2 is 1.61 bits per heavy atom. The van der Waals surface area contributed by atoms with Crippen LogP contribution >= 0.6 is 0 Å². The monoisotopic (exact) mass is 495 g/mol. The second-order valence-electron chi connectivity index (χ2n) is 8.79. The van der Waals surface area contributed by atoms with E-state index in [1.54, 1.807) is 6.07 Å². The minimum Gasteiger partial charge on any atom is -0.478 e. The maximum atomic E-state index is 13.3. The van der Waals surface area contributed by atoms with E-state index in [1.165, 1.54) is 23.3 Å². The molecule has 2 aliphatic heterocycles. The van der Waals surface area contributed by atoms with Gasteiger partial charge in [-0.15, -0.1) is 0 Å². The van der Waals surface area contributed by atoms with Crippen molar-refractivity contribution in [2.75, 3.05) is 19.6 Å². The molecule has 2 N–H and O–H groups in total. The van der Waals surface area contributed by atoms with Gasteiger partial charge in [0.1, 0.15) is 5.82 Å². The number of hydrogen-bond donors (Lipinski definition) is 2. The second kappa shape index (κ2) is 11.1. The van der Waals surface area contributed by atoms with Gasteiger partial charge in [-0.25, -0.2) is 14.0 Å². The number of hydrogen-bond acceptors (Lipinski definition) is 6. The molecule has 9 nitrogen and oxygen atoms in total. The molecular formula is C26H26FN3O6. The van der Waals surface area contributed by atoms with E-state index in [9.17, 15) is 18.8 Å². The number of nitrogens with zero attached hydrogens (tertiary/aromatic N) is 3. The summed E-state index contributed by atoms with van der Waals surface area (Å²) in [4.78, 5) is 36.0. The molecule has 0 aliphatic carbocycles. The number of carbonyl (C=O) groups excluding carboxylic acids is 1. The first-order valence-corrected chi connectivity index (χ1v) is 11.6. The van der Waals surface area contributed by atoms with Crippen molar-refractivity contribution in [2.45, 2.75) is 31.8 Å². The molecule has 0 radical (unpaired) electrons. The third kappa shape index (κ3) is 6.14. The highest BCUT2D eigenvalue weighted by molar-refractivity contribution is 5.89. The first-order valence-electron chi connectivity index (χ1n) is 11.6. The fourth-order valence-electron chi connectivity index (χ4n) is 4.53. The predicted molar refractivity (Wildman–Crippen MR) is 127 cm³/mol. The van der Waals surface area contributed by atoms with Crippen molar-refractivity contribution in [1.29, 1.82) is 0 Å². The number of aromatic nitrogens is 1. The number of carboxylic acid groups (broad SMARTS) is 2. The minimum absolute atomic E-state index is 0.192. The van der Waals surface area contributed by atoms with Gasteiger partial charge in [0.05, 0.1) is 12.2 Å². The van der Waals surface area contributed by atoms with Crippen LogP contribution in [-0.2, 0) is 27.5 Å². The van der Waals surface area contributed by atoms with Crippen molar-refractivity contribution in [3.05, 3.63) is 77.3 Å². The third-order valence-corrected chi connectivity index (χ3v) is 6.36. The number of fused-ring (bicyclic) bond motifs is 2. The van der Waals surface area contributed by atoms with E-state index >= 15 is 0 Å². The Balaban J connectivity index is 0.000000331. The van der Waals surface area contributed by atoms with E-state index in [0.717, 1.165) is 37.0 Å². The summed E-state index contributed by atoms with van der Waals surface area (Å²) in [5.41, 5.74) is 3.92. The Kier molecular flexibility index (Phi) is 7.74. The van der Waals surface area contributed by atoms with Gasteiger partial charge >= 0.3 is 11.9 Å². The van der Waals surface area contributed by atoms with Crippen LogP contribution in [-0.4, -0.2) is 62.6 Å². The van der Waals surface area contributed by atoms with Crippen LogP contribution in [0.1, 0.15) is 35.6 Å². The van der Waals surface area contributed by atoms with Crippen LogP contribution < -0.4 is 0 Å². The molecule has 36 heavy (non-hydrogen) atoms. The molecule has 3 heterocycles. The lowest BCUT2D eigenvalue weighted by molar-refractivity contribution is -0.134. The largest absolute Gasteiger partial charge is 0.478 e. The molecule has 3 aromatic rings. The summed E-state index contributed by atoms with van der Waals surface area (Å²) in [6.07, 6.45) is 2.96. The Morgan fingerprint density at radius 1 is 1.00 bits per heavy atom. The highest BCUT2D eigenvalue weighted by Gasteiger charge is 2.28. The summed E-state index contributed by atoms with van der Waals surface area (Å²) in [5, 5.41) is 20.7. The van der Waals surface area contributed by atoms with Crippen molar-refractivity contribution in [3.8, 4) is 0 Å². The van der Waals surface area contributed by atoms with Crippen molar-refractivity contribution < 1.29 is 33.5 Å². The van der Waals surface area contributed by atoms with Gasteiger partial charge < -0.3 is 19.6 Å². The predicted octanol–water partition coefficient (Wildman–Crippen LogP) is 3.40. The number of carbonyl (C=O) groups is 3. The normalized spacial score (nSPS) is 16.1. The standard InChI is InChI=1S/C22H22FN3O2.C4H4O4/c23-18-5-6-19-20(11-18)28-24-22(19)15-7-9-25(10-8-15)14-21(27)26-12-16-3-1-2-4-17(16)13-26;5-3(6)1-2-4(7)8/h1-6,11,15H,7-10,12-14H2;1-2H,(H,5,6)(H,7,8). The maximum Gasteiger partial charge on any atom is 0.328 e. The molecule has 10 heteroatoms. The van der Waals surface area contributed by atoms with Crippen molar-refractivity contribution in [2.24, 2.45) is 0 Å². The van der Waals surface area contributed by atoms with Gasteiger partial charge in [-0.1, -0.05) is 29.4 Å². The summed E-state index contributed by atoms with van der Waals surface area (Å²) in [5.74, 6) is -2.35. The average Bonchev–Trinajstić information content (AvgIpc) is 3.48. The maximum absolute atomic E-state index is 13.3. The van der Waals surface area contributed by atoms with Gasteiger partial charge in [-0.2, -0.15) is 0 Å². The number of likely N-dealkylation sites (tertiary alicyclic amines) is 1. The molecule has 2 aliphatic rings. The van der Waals surface area contributed by atoms with Gasteiger partial charge in [0.2, 0.25) is 5.91 Å². The summed E-state index contributed by atoms with van der Waals surface area (Å²) < 4.78 is 18.7. The molecule has 0 saturated carbocycles. The first-order chi connectivity index (χ1) is 17.3. The van der Waals surface area contributed by atoms with Crippen LogP contribution in [0.4, 0.5) is 4.39 Å². The molecule has 1 fully saturated rings. The molecule has 0 atom stereocenters. The zero-order valence-corrected chi connectivity index (χ0v) is 19.5. The zero-order chi connectivity index (χ0) is 25.7. The topological polar surface area (TPSA) is 124 Å². The third-order valence-electron chi connectivity index (χ3n) is 6.36. The molecule has 2 aromatic carbocycles. The highest BCUT2D eigenvalue weighted by atomic mass is 19.1. The molecule has 1 saturated heterocycles. The molecule has 1 aromatic heterocycles. The van der Waals surface area contributed by atoms with Crippen LogP contribution in [0.15, 0.2) is 59.1 Å². The molecule has 0 spiro atoms. The first kappa shape index (κ1) is 25.1. The molecule has 188 valence electrons. The van der Waals surface area contributed by atoms with E-state index in [1.807, 2.05) is 17.0 Å². The average molecular weight is 496 g/mol. The van der Waals surface area contributed by atoms with Crippen LogP contribution in [0.2, 0.25) is 0 Å². The van der Waals surface area contributed by atoms with Crippen LogP contribution in [0.3, 0.4) is 0 Å². The lowest BCUT2D eigenvalue weighted by atomic mass is 9.91. The number of benzene rings is 2. The molecule has 0 unspecified atom stereocenters. The van der Waals surface area contributed by atoms with Crippen molar-refractivity contribution in [3.63, 3.8) is 0 Å². The van der Waals surface area contributed by atoms with Gasteiger partial charge in [0.25, 0.3) is 0 Å². The summed E-state index contributed by atoms with van der Waals surface area (Å²) in [6.45, 7) is 3.60. The van der Waals surface area contributed by atoms with E-state index in [0.29, 0.717) is 37.4 Å². The number of amides is 1. The van der Waals surface area contributed by atoms with E-state index in [4.69, 9.17) is 14.7 Å². The quantitative estimate of drug-likeness (QED) is 0.516. The van der Waals surface area contributed by atoms with Gasteiger partial charge in [-0.05, 0) is 49.2 Å². The second-order valence-corrected chi connectivity index (χ2v) is 8.79. The summed E-state index contributed by atoms with van der Waals surface area (Å²) >= 11 is 0. The number of rotatable bonds is 5. The number of aliphatic carboxylic acids is 2. The zero-order valence-electron chi connectivity index (χ0n) is 19.5. The Bertz CT molecular complexity index is 1250. The smallest absolute Gasteiger partial charge is 0.328 e. The van der Waals surface area contributed by atoms with Crippen LogP contribution in [0.5, 0.6) is 0 Å². The molecule has 5 rings (SSSR count). The number of halogens is 1. The van der Waals surface area contributed by atoms with Crippen molar-refractivity contribution >= 4 is 28.8 Å². The fraction of sp³-hybridized carbons (Fsp3) is 0.308. The number of carboxylic acids is 2. The SMILES string of the molecule is O=C(CN1CCC(c2noc3cc(F)ccc23)CC1)N1Cc2ccccc2C1.O=C(O)C=CC(=O)O. The highest BCUT2D eigenvalue weighted by Crippen LogP contribution is 2.33. The van der Waals surface area contributed by atoms with Crippen molar-refractivity contribution in [1.82, 2.24) is 15.0 Å². The molecular weight excluding hydrogens is 469 g/mol. The Hall–Kier alpha value is -4.05. The summed E-state index contributed by atoms with van der Waals surface area (Å²) in [6, 6.07) is 12.8. The summed E-state index contributed by atoms with van der Waals surface area (Å²) in [7, 11) is 0. The Morgan fingerprint density at radius 3 is 2.19 bits per heavy atom. The Labute approximate surface area is 206 Å².